The number of fused-ring (bicyclic) bond motifs is 1. The van der Waals surface area contributed by atoms with Crippen molar-refractivity contribution in [2.24, 2.45) is 0 Å². The summed E-state index contributed by atoms with van der Waals surface area (Å²) in [6.07, 6.45) is 1.40. The number of anilines is 1. The zero-order chi connectivity index (χ0) is 22.4. The third kappa shape index (κ3) is 3.05. The molecule has 7 nitrogen and oxygen atoms in total. The zero-order valence-corrected chi connectivity index (χ0v) is 17.4. The Balaban J connectivity index is 1.74. The number of Topliss-reactive ketones (excluding diaryl/α,β-unsaturated/α-hetero) is 1. The maximum Gasteiger partial charge on any atom is 0.302 e. The van der Waals surface area contributed by atoms with E-state index in [2.05, 4.69) is 4.98 Å². The summed E-state index contributed by atoms with van der Waals surface area (Å²) in [5.41, 5.74) is 0.374. The normalized spacial score (nSPS) is 17.9. The van der Waals surface area contributed by atoms with Crippen molar-refractivity contribution >= 4 is 44.1 Å². The van der Waals surface area contributed by atoms with Crippen LogP contribution in [0, 0.1) is 5.82 Å². The number of ketones is 1. The average Bonchev–Trinajstić information content (AvgIpc) is 3.52. The van der Waals surface area contributed by atoms with Crippen molar-refractivity contribution in [2.45, 2.75) is 6.04 Å². The molecule has 3 heterocycles. The molecule has 4 aromatic rings. The summed E-state index contributed by atoms with van der Waals surface area (Å²) in [5, 5.41) is 11.4. The van der Waals surface area contributed by atoms with Crippen LogP contribution in [-0.4, -0.2) is 28.9 Å². The van der Waals surface area contributed by atoms with Gasteiger partial charge in [-0.1, -0.05) is 23.5 Å². The second kappa shape index (κ2) is 7.61. The second-order valence-corrected chi connectivity index (χ2v) is 8.00. The molecule has 9 heteroatoms. The summed E-state index contributed by atoms with van der Waals surface area (Å²) in [5.74, 6) is -2.61. The smallest absolute Gasteiger partial charge is 0.302 e. The van der Waals surface area contributed by atoms with E-state index in [-0.39, 0.29) is 27.8 Å². The Kier molecular flexibility index (Phi) is 4.75. The number of carbonyl (C=O) groups excluding carboxylic acids is 2. The fourth-order valence-electron chi connectivity index (χ4n) is 3.72. The fraction of sp³-hybridized carbons (Fsp3) is 0.0870. The number of carbonyl (C=O) groups is 2. The molecule has 1 saturated heterocycles. The van der Waals surface area contributed by atoms with Crippen LogP contribution in [0.4, 0.5) is 9.52 Å². The molecule has 0 spiro atoms. The quantitative estimate of drug-likeness (QED) is 0.276. The first-order valence-electron chi connectivity index (χ1n) is 9.53. The van der Waals surface area contributed by atoms with Crippen LogP contribution in [0.2, 0.25) is 0 Å². The van der Waals surface area contributed by atoms with Crippen LogP contribution in [0.25, 0.3) is 16.0 Å². The minimum absolute atomic E-state index is 0.0497. The van der Waals surface area contributed by atoms with E-state index >= 15 is 0 Å². The monoisotopic (exact) mass is 450 g/mol. The standard InChI is InChI=1S/C23H15FN2O5S/c1-30-15-9-8-12(24)11-13(15)20(27)18-19(16-6-4-10-31-16)26(22(29)21(18)28)23-25-14-5-2-3-7-17(14)32-23/h2-11,19,27H,1H3/b20-18+. The van der Waals surface area contributed by atoms with Crippen LogP contribution in [0.1, 0.15) is 17.4 Å². The molecule has 0 aliphatic carbocycles. The van der Waals surface area contributed by atoms with E-state index in [1.165, 1.54) is 41.7 Å². The van der Waals surface area contributed by atoms with E-state index in [9.17, 15) is 19.1 Å². The molecule has 1 aliphatic rings. The number of thiazole rings is 1. The number of ether oxygens (including phenoxy) is 1. The highest BCUT2D eigenvalue weighted by molar-refractivity contribution is 7.22. The van der Waals surface area contributed by atoms with Gasteiger partial charge in [0, 0.05) is 0 Å². The Bertz CT molecular complexity index is 1360. The summed E-state index contributed by atoms with van der Waals surface area (Å²) in [4.78, 5) is 31.9. The first kappa shape index (κ1) is 20.0. The van der Waals surface area contributed by atoms with Crippen molar-refractivity contribution in [3.63, 3.8) is 0 Å². The molecule has 1 unspecified atom stereocenters. The molecule has 0 bridgehead atoms. The summed E-state index contributed by atoms with van der Waals surface area (Å²) < 4.78 is 25.5. The lowest BCUT2D eigenvalue weighted by molar-refractivity contribution is -0.132. The van der Waals surface area contributed by atoms with Gasteiger partial charge in [-0.25, -0.2) is 9.37 Å². The van der Waals surface area contributed by atoms with Crippen molar-refractivity contribution < 1.29 is 28.2 Å². The molecule has 2 aromatic carbocycles. The molecular weight excluding hydrogens is 435 g/mol. The van der Waals surface area contributed by atoms with Gasteiger partial charge in [-0.05, 0) is 42.5 Å². The highest BCUT2D eigenvalue weighted by Crippen LogP contribution is 2.45. The predicted octanol–water partition coefficient (Wildman–Crippen LogP) is 4.66. The second-order valence-electron chi connectivity index (χ2n) is 6.99. The largest absolute Gasteiger partial charge is 0.507 e. The van der Waals surface area contributed by atoms with Crippen LogP contribution in [-0.2, 0) is 9.59 Å². The van der Waals surface area contributed by atoms with Crippen LogP contribution >= 0.6 is 11.3 Å². The Hall–Kier alpha value is -3.98. The van der Waals surface area contributed by atoms with Gasteiger partial charge >= 0.3 is 5.91 Å². The van der Waals surface area contributed by atoms with Gasteiger partial charge in [0.25, 0.3) is 5.78 Å². The lowest BCUT2D eigenvalue weighted by Crippen LogP contribution is -2.29. The molecule has 2 aromatic heterocycles. The van der Waals surface area contributed by atoms with E-state index in [1.807, 2.05) is 18.2 Å². The van der Waals surface area contributed by atoms with Crippen molar-refractivity contribution in [3.8, 4) is 5.75 Å². The Morgan fingerprint density at radius 3 is 2.72 bits per heavy atom. The third-order valence-electron chi connectivity index (χ3n) is 5.16. The van der Waals surface area contributed by atoms with E-state index in [0.29, 0.717) is 5.52 Å². The van der Waals surface area contributed by atoms with Crippen LogP contribution in [0.5, 0.6) is 5.75 Å². The maximum atomic E-state index is 14.0. The number of aromatic nitrogens is 1. The summed E-state index contributed by atoms with van der Waals surface area (Å²) >= 11 is 1.23. The first-order valence-corrected chi connectivity index (χ1v) is 10.3. The molecule has 0 radical (unpaired) electrons. The number of furan rings is 1. The fourth-order valence-corrected chi connectivity index (χ4v) is 4.71. The summed E-state index contributed by atoms with van der Waals surface area (Å²) in [6.45, 7) is 0. The average molecular weight is 450 g/mol. The van der Waals surface area contributed by atoms with Gasteiger partial charge in [-0.3, -0.25) is 14.5 Å². The van der Waals surface area contributed by atoms with Crippen molar-refractivity contribution in [1.29, 1.82) is 0 Å². The van der Waals surface area contributed by atoms with Gasteiger partial charge < -0.3 is 14.3 Å². The Morgan fingerprint density at radius 2 is 2.00 bits per heavy atom. The Labute approximate surface area is 185 Å². The van der Waals surface area contributed by atoms with E-state index in [4.69, 9.17) is 9.15 Å². The number of aliphatic hydroxyl groups is 1. The minimum Gasteiger partial charge on any atom is -0.507 e. The highest BCUT2D eigenvalue weighted by Gasteiger charge is 2.49. The van der Waals surface area contributed by atoms with Gasteiger partial charge in [0.15, 0.2) is 5.13 Å². The van der Waals surface area contributed by atoms with E-state index in [0.717, 1.165) is 10.8 Å². The lowest BCUT2D eigenvalue weighted by atomic mass is 9.99. The highest BCUT2D eigenvalue weighted by atomic mass is 32.1. The Morgan fingerprint density at radius 1 is 1.19 bits per heavy atom. The molecule has 1 atom stereocenters. The van der Waals surface area contributed by atoms with Crippen molar-refractivity contribution in [2.75, 3.05) is 12.0 Å². The lowest BCUT2D eigenvalue weighted by Gasteiger charge is -2.20. The molecule has 5 rings (SSSR count). The third-order valence-corrected chi connectivity index (χ3v) is 6.20. The molecular formula is C23H15FN2O5S. The van der Waals surface area contributed by atoms with Gasteiger partial charge in [0.05, 0.1) is 34.7 Å². The number of hydrogen-bond donors (Lipinski definition) is 1. The number of hydrogen-bond acceptors (Lipinski definition) is 7. The van der Waals surface area contributed by atoms with Gasteiger partial charge in [-0.15, -0.1) is 0 Å². The summed E-state index contributed by atoms with van der Waals surface area (Å²) in [7, 11) is 1.35. The number of amides is 1. The minimum atomic E-state index is -1.08. The molecule has 1 aliphatic heterocycles. The molecule has 1 fully saturated rings. The summed E-state index contributed by atoms with van der Waals surface area (Å²) in [6, 6.07) is 13.0. The topological polar surface area (TPSA) is 92.9 Å². The van der Waals surface area contributed by atoms with E-state index in [1.54, 1.807) is 18.2 Å². The number of halogens is 1. The van der Waals surface area contributed by atoms with Gasteiger partial charge in [0.1, 0.15) is 29.1 Å². The number of nitrogens with zero attached hydrogens (tertiary/aromatic N) is 2. The van der Waals surface area contributed by atoms with Crippen LogP contribution < -0.4 is 9.64 Å². The first-order chi connectivity index (χ1) is 15.5. The molecule has 0 saturated carbocycles. The number of para-hydroxylation sites is 1. The predicted molar refractivity (Wildman–Crippen MR) is 116 cm³/mol. The zero-order valence-electron chi connectivity index (χ0n) is 16.6. The van der Waals surface area contributed by atoms with Crippen LogP contribution in [0.15, 0.2) is 70.9 Å². The van der Waals surface area contributed by atoms with Gasteiger partial charge in [-0.2, -0.15) is 0 Å². The van der Waals surface area contributed by atoms with Crippen molar-refractivity contribution in [3.05, 3.63) is 83.6 Å². The number of rotatable bonds is 4. The molecule has 1 amide bonds. The van der Waals surface area contributed by atoms with Crippen LogP contribution in [0.3, 0.4) is 0 Å². The number of aliphatic hydroxyl groups excluding tert-OH is 1. The number of benzene rings is 2. The maximum absolute atomic E-state index is 14.0. The molecule has 160 valence electrons. The van der Waals surface area contributed by atoms with E-state index < -0.39 is 29.3 Å². The SMILES string of the molecule is COc1ccc(F)cc1/C(O)=C1\C(=O)C(=O)N(c2nc3ccccc3s2)C1c1ccco1. The molecule has 1 N–H and O–H groups in total. The van der Waals surface area contributed by atoms with Gasteiger partial charge in [0.2, 0.25) is 0 Å². The molecule has 32 heavy (non-hydrogen) atoms. The number of methoxy groups -OCH3 is 1. The van der Waals surface area contributed by atoms with Crippen molar-refractivity contribution in [1.82, 2.24) is 4.98 Å².